The van der Waals surface area contributed by atoms with Crippen LogP contribution in [0.5, 0.6) is 0 Å². The first-order valence-corrected chi connectivity index (χ1v) is 8.96. The molecule has 0 saturated carbocycles. The van der Waals surface area contributed by atoms with Crippen molar-refractivity contribution in [1.82, 2.24) is 9.80 Å². The Hall–Kier alpha value is -1.15. The van der Waals surface area contributed by atoms with Gasteiger partial charge < -0.3 is 10.0 Å². The lowest BCUT2D eigenvalue weighted by Gasteiger charge is -2.30. The number of hydrogen-bond donors (Lipinski definition) is 1. The minimum Gasteiger partial charge on any atom is -0.480 e. The first-order chi connectivity index (χ1) is 9.71. The van der Waals surface area contributed by atoms with Crippen LogP contribution in [0.15, 0.2) is 0 Å². The fraction of sp³-hybridized carbons (Fsp3) is 0.846. The van der Waals surface area contributed by atoms with Gasteiger partial charge in [0.2, 0.25) is 5.91 Å². The van der Waals surface area contributed by atoms with E-state index >= 15 is 0 Å². The lowest BCUT2D eigenvalue weighted by molar-refractivity contribution is -0.144. The van der Waals surface area contributed by atoms with E-state index in [-0.39, 0.29) is 30.0 Å². The van der Waals surface area contributed by atoms with Crippen molar-refractivity contribution >= 4 is 21.7 Å². The fourth-order valence-corrected chi connectivity index (χ4v) is 4.48. The average molecular weight is 320 g/mol. The van der Waals surface area contributed by atoms with Crippen LogP contribution in [0, 0.1) is 0 Å². The third kappa shape index (κ3) is 4.67. The van der Waals surface area contributed by atoms with Crippen molar-refractivity contribution in [2.24, 2.45) is 0 Å². The van der Waals surface area contributed by atoms with Gasteiger partial charge in [0.15, 0.2) is 9.84 Å². The van der Waals surface area contributed by atoms with E-state index in [1.54, 1.807) is 25.8 Å². The van der Waals surface area contributed by atoms with Gasteiger partial charge in [-0.25, -0.2) is 8.42 Å². The first kappa shape index (κ1) is 17.9. The van der Waals surface area contributed by atoms with Gasteiger partial charge in [-0.2, -0.15) is 0 Å². The Morgan fingerprint density at radius 2 is 1.95 bits per heavy atom. The Bertz CT molecular complexity index is 491. The summed E-state index contributed by atoms with van der Waals surface area (Å²) in [6.07, 6.45) is 0.866. The van der Waals surface area contributed by atoms with E-state index in [2.05, 4.69) is 0 Å². The quantitative estimate of drug-likeness (QED) is 0.699. The molecular formula is C13H24N2O5S. The molecule has 0 spiro atoms. The molecule has 1 amide bonds. The Morgan fingerprint density at radius 1 is 1.33 bits per heavy atom. The molecule has 2 atom stereocenters. The van der Waals surface area contributed by atoms with E-state index in [0.717, 1.165) is 0 Å². The predicted molar refractivity (Wildman–Crippen MR) is 78.8 cm³/mol. The van der Waals surface area contributed by atoms with E-state index in [1.165, 1.54) is 4.90 Å². The summed E-state index contributed by atoms with van der Waals surface area (Å²) in [5.41, 5.74) is 0. The minimum atomic E-state index is -3.05. The molecule has 0 aromatic heterocycles. The van der Waals surface area contributed by atoms with Gasteiger partial charge in [-0.3, -0.25) is 14.5 Å². The fourth-order valence-electron chi connectivity index (χ4n) is 2.75. The second-order valence-corrected chi connectivity index (χ2v) is 7.64. The van der Waals surface area contributed by atoms with E-state index in [0.29, 0.717) is 19.4 Å². The molecule has 1 fully saturated rings. The van der Waals surface area contributed by atoms with Gasteiger partial charge in [-0.15, -0.1) is 0 Å². The highest BCUT2D eigenvalue weighted by Gasteiger charge is 2.34. The van der Waals surface area contributed by atoms with Crippen LogP contribution >= 0.6 is 0 Å². The number of likely N-dealkylation sites (N-methyl/N-ethyl adjacent to an activating group) is 2. The van der Waals surface area contributed by atoms with Crippen LogP contribution in [0.3, 0.4) is 0 Å². The summed E-state index contributed by atoms with van der Waals surface area (Å²) < 4.78 is 23.0. The number of nitrogens with zero attached hydrogens (tertiary/aromatic N) is 2. The number of carboxylic acid groups (broad SMARTS) is 1. The van der Waals surface area contributed by atoms with Crippen LogP contribution in [0.1, 0.15) is 26.7 Å². The molecule has 21 heavy (non-hydrogen) atoms. The molecule has 1 aliphatic rings. The Balaban J connectivity index is 2.70. The van der Waals surface area contributed by atoms with Gasteiger partial charge in [0.05, 0.1) is 18.1 Å². The molecule has 1 N–H and O–H groups in total. The smallest absolute Gasteiger partial charge is 0.320 e. The topological polar surface area (TPSA) is 95.0 Å². The first-order valence-electron chi connectivity index (χ1n) is 7.14. The number of carboxylic acids is 1. The monoisotopic (exact) mass is 320 g/mol. The van der Waals surface area contributed by atoms with Crippen molar-refractivity contribution in [3.05, 3.63) is 0 Å². The molecule has 0 aliphatic carbocycles. The summed E-state index contributed by atoms with van der Waals surface area (Å²) in [7, 11) is -1.45. The molecule has 1 aliphatic heterocycles. The maximum Gasteiger partial charge on any atom is 0.320 e. The van der Waals surface area contributed by atoms with Crippen molar-refractivity contribution in [1.29, 1.82) is 0 Å². The molecule has 1 saturated heterocycles. The Kier molecular flexibility index (Phi) is 6.15. The zero-order chi connectivity index (χ0) is 16.2. The van der Waals surface area contributed by atoms with Crippen LogP contribution in [0.25, 0.3) is 0 Å². The van der Waals surface area contributed by atoms with Crippen LogP contribution < -0.4 is 0 Å². The molecule has 2 unspecified atom stereocenters. The van der Waals surface area contributed by atoms with Crippen LogP contribution in [-0.4, -0.2) is 78.9 Å². The zero-order valence-electron chi connectivity index (χ0n) is 12.8. The normalized spacial score (nSPS) is 22.2. The average Bonchev–Trinajstić information content (AvgIpc) is 2.70. The van der Waals surface area contributed by atoms with Gasteiger partial charge >= 0.3 is 5.97 Å². The van der Waals surface area contributed by atoms with E-state index in [9.17, 15) is 18.0 Å². The maximum absolute atomic E-state index is 12.3. The highest BCUT2D eigenvalue weighted by Crippen LogP contribution is 2.18. The zero-order valence-corrected chi connectivity index (χ0v) is 13.6. The molecule has 0 aromatic rings. The Labute approximate surface area is 125 Å². The number of amides is 1. The molecule has 0 aromatic carbocycles. The Morgan fingerprint density at radius 3 is 2.33 bits per heavy atom. The second-order valence-electron chi connectivity index (χ2n) is 5.41. The molecular weight excluding hydrogens is 296 g/mol. The standard InChI is InChI=1S/C13H24N2O5S/c1-4-11(13(17)18)14(3)8-12(16)15(5-2)10-6-7-21(19,20)9-10/h10-11H,4-9H2,1-3H3,(H,17,18). The lowest BCUT2D eigenvalue weighted by atomic mass is 10.2. The predicted octanol–water partition coefficient (Wildman–Crippen LogP) is -0.183. The van der Waals surface area contributed by atoms with E-state index < -0.39 is 21.8 Å². The number of aliphatic carboxylic acids is 1. The molecule has 8 heteroatoms. The van der Waals surface area contributed by atoms with Crippen molar-refractivity contribution in [3.63, 3.8) is 0 Å². The van der Waals surface area contributed by atoms with Crippen molar-refractivity contribution in [3.8, 4) is 0 Å². The summed E-state index contributed by atoms with van der Waals surface area (Å²) in [6, 6.07) is -0.995. The summed E-state index contributed by atoms with van der Waals surface area (Å²) in [5, 5.41) is 9.09. The largest absolute Gasteiger partial charge is 0.480 e. The maximum atomic E-state index is 12.3. The number of sulfone groups is 1. The third-order valence-electron chi connectivity index (χ3n) is 3.90. The van der Waals surface area contributed by atoms with Gasteiger partial charge in [0.1, 0.15) is 6.04 Å². The lowest BCUT2D eigenvalue weighted by Crippen LogP contribution is -2.48. The second kappa shape index (κ2) is 7.22. The number of carbonyl (C=O) groups excluding carboxylic acids is 1. The van der Waals surface area contributed by atoms with Crippen LogP contribution in [0.2, 0.25) is 0 Å². The van der Waals surface area contributed by atoms with Gasteiger partial charge in [0.25, 0.3) is 0 Å². The molecule has 1 rings (SSSR count). The van der Waals surface area contributed by atoms with Gasteiger partial charge in [-0.05, 0) is 26.8 Å². The van der Waals surface area contributed by atoms with Gasteiger partial charge in [-0.1, -0.05) is 6.92 Å². The van der Waals surface area contributed by atoms with Crippen molar-refractivity contribution in [2.75, 3.05) is 31.6 Å². The van der Waals surface area contributed by atoms with Crippen LogP contribution in [-0.2, 0) is 19.4 Å². The molecule has 7 nitrogen and oxygen atoms in total. The molecule has 122 valence electrons. The molecule has 0 radical (unpaired) electrons. The van der Waals surface area contributed by atoms with Crippen molar-refractivity contribution in [2.45, 2.75) is 38.8 Å². The minimum absolute atomic E-state index is 0.00638. The van der Waals surface area contributed by atoms with E-state index in [1.807, 2.05) is 0 Å². The number of carbonyl (C=O) groups is 2. The molecule has 0 bridgehead atoms. The van der Waals surface area contributed by atoms with E-state index in [4.69, 9.17) is 5.11 Å². The SMILES string of the molecule is CCC(C(=O)O)N(C)CC(=O)N(CC)C1CCS(=O)(=O)C1. The summed E-state index contributed by atoms with van der Waals surface area (Å²) in [6.45, 7) is 3.96. The summed E-state index contributed by atoms with van der Waals surface area (Å²) in [4.78, 5) is 26.5. The number of rotatable bonds is 7. The molecule has 1 heterocycles. The van der Waals surface area contributed by atoms with Gasteiger partial charge in [0, 0.05) is 12.6 Å². The number of hydrogen-bond acceptors (Lipinski definition) is 5. The summed E-state index contributed by atoms with van der Waals surface area (Å²) in [5.74, 6) is -1.06. The summed E-state index contributed by atoms with van der Waals surface area (Å²) >= 11 is 0. The highest BCUT2D eigenvalue weighted by atomic mass is 32.2. The third-order valence-corrected chi connectivity index (χ3v) is 5.65. The highest BCUT2D eigenvalue weighted by molar-refractivity contribution is 7.91. The van der Waals surface area contributed by atoms with Crippen molar-refractivity contribution < 1.29 is 23.1 Å². The van der Waals surface area contributed by atoms with Crippen LogP contribution in [0.4, 0.5) is 0 Å².